The fraction of sp³-hybridized carbons (Fsp3) is 0.378. The molecule has 4 aromatic rings. The maximum absolute atomic E-state index is 2.64. The van der Waals surface area contributed by atoms with Gasteiger partial charge in [-0.1, -0.05) is 72.5 Å². The van der Waals surface area contributed by atoms with Crippen LogP contribution in [0.1, 0.15) is 104 Å². The van der Waals surface area contributed by atoms with Crippen LogP contribution in [-0.2, 0) is 12.8 Å². The van der Waals surface area contributed by atoms with Crippen molar-refractivity contribution in [2.45, 2.75) is 108 Å². The molecule has 3 aliphatic carbocycles. The summed E-state index contributed by atoms with van der Waals surface area (Å²) in [5, 5.41) is 0. The van der Waals surface area contributed by atoms with E-state index in [4.69, 9.17) is 0 Å². The summed E-state index contributed by atoms with van der Waals surface area (Å²) in [5.41, 5.74) is 29.6. The molecule has 0 spiro atoms. The molecule has 230 valence electrons. The highest BCUT2D eigenvalue weighted by Gasteiger charge is 2.43. The van der Waals surface area contributed by atoms with Crippen LogP contribution in [0.3, 0.4) is 0 Å². The maximum Gasteiger partial charge on any atom is 0.0134 e. The quantitative estimate of drug-likeness (QED) is 0.222. The van der Waals surface area contributed by atoms with Crippen LogP contribution in [0.15, 0.2) is 47.5 Å². The second-order valence-corrected chi connectivity index (χ2v) is 14.7. The van der Waals surface area contributed by atoms with E-state index < -0.39 is 0 Å². The first-order chi connectivity index (χ1) is 21.5. The molecule has 0 heteroatoms. The molecule has 1 fully saturated rings. The molecule has 1 saturated carbocycles. The average Bonchev–Trinajstić information content (AvgIpc) is 3.80. The molecule has 7 rings (SSSR count). The monoisotopic (exact) mass is 590 g/mol. The number of benzene rings is 4. The molecule has 0 radical (unpaired) electrons. The van der Waals surface area contributed by atoms with Gasteiger partial charge in [-0.2, -0.15) is 0 Å². The number of hydrogen-bond acceptors (Lipinski definition) is 0. The van der Waals surface area contributed by atoms with Gasteiger partial charge in [-0.3, -0.25) is 0 Å². The van der Waals surface area contributed by atoms with Gasteiger partial charge < -0.3 is 0 Å². The summed E-state index contributed by atoms with van der Waals surface area (Å²) in [4.78, 5) is 0. The van der Waals surface area contributed by atoms with Crippen molar-refractivity contribution in [2.24, 2.45) is 5.41 Å². The Bertz CT molecular complexity index is 1780. The summed E-state index contributed by atoms with van der Waals surface area (Å²) in [5.74, 6) is 0. The van der Waals surface area contributed by atoms with Crippen LogP contribution in [0.4, 0.5) is 0 Å². The summed E-state index contributed by atoms with van der Waals surface area (Å²) in [6, 6.07) is 14.2. The van der Waals surface area contributed by atoms with E-state index in [0.717, 1.165) is 12.8 Å². The molecule has 0 N–H and O–H groups in total. The van der Waals surface area contributed by atoms with Gasteiger partial charge in [-0.05, 0) is 195 Å². The Labute approximate surface area is 272 Å². The third-order valence-corrected chi connectivity index (χ3v) is 13.0. The normalized spacial score (nSPS) is 16.6. The van der Waals surface area contributed by atoms with Crippen molar-refractivity contribution in [1.82, 2.24) is 0 Å². The number of fused-ring (bicyclic) bond motifs is 2. The molecule has 0 saturated heterocycles. The van der Waals surface area contributed by atoms with Gasteiger partial charge in [0.1, 0.15) is 0 Å². The minimum atomic E-state index is 0.166. The third kappa shape index (κ3) is 4.31. The van der Waals surface area contributed by atoms with Crippen LogP contribution < -0.4 is 0 Å². The lowest BCUT2D eigenvalue weighted by Gasteiger charge is -2.33. The van der Waals surface area contributed by atoms with E-state index in [2.05, 4.69) is 118 Å². The van der Waals surface area contributed by atoms with Gasteiger partial charge in [0.15, 0.2) is 0 Å². The fourth-order valence-electron chi connectivity index (χ4n) is 9.42. The topological polar surface area (TPSA) is 0 Å². The van der Waals surface area contributed by atoms with Gasteiger partial charge in [0.05, 0.1) is 0 Å². The molecule has 4 aromatic carbocycles. The first-order valence-corrected chi connectivity index (χ1v) is 17.3. The lowest BCUT2D eigenvalue weighted by Crippen LogP contribution is -2.22. The molecule has 0 atom stereocenters. The third-order valence-electron chi connectivity index (χ3n) is 13.0. The fourth-order valence-corrected chi connectivity index (χ4v) is 9.42. The van der Waals surface area contributed by atoms with Gasteiger partial charge in [-0.25, -0.2) is 0 Å². The van der Waals surface area contributed by atoms with Crippen molar-refractivity contribution in [1.29, 1.82) is 0 Å². The molecule has 0 amide bonds. The van der Waals surface area contributed by atoms with E-state index in [0.29, 0.717) is 0 Å². The summed E-state index contributed by atoms with van der Waals surface area (Å²) in [6.45, 7) is 23.1. The van der Waals surface area contributed by atoms with Crippen LogP contribution in [0.25, 0.3) is 34.4 Å². The predicted molar refractivity (Wildman–Crippen MR) is 195 cm³/mol. The minimum Gasteiger partial charge on any atom is -0.0613 e. The Kier molecular flexibility index (Phi) is 7.16. The van der Waals surface area contributed by atoms with Crippen LogP contribution >= 0.6 is 0 Å². The summed E-state index contributed by atoms with van der Waals surface area (Å²) >= 11 is 0. The zero-order chi connectivity index (χ0) is 31.9. The van der Waals surface area contributed by atoms with E-state index in [-0.39, 0.29) is 5.41 Å². The van der Waals surface area contributed by atoms with Gasteiger partial charge in [-0.15, -0.1) is 0 Å². The molecule has 0 aliphatic heterocycles. The molecule has 0 bridgehead atoms. The molecule has 0 aromatic heterocycles. The van der Waals surface area contributed by atoms with Crippen molar-refractivity contribution in [3.8, 4) is 22.3 Å². The van der Waals surface area contributed by atoms with Crippen molar-refractivity contribution >= 4 is 12.2 Å². The van der Waals surface area contributed by atoms with Crippen molar-refractivity contribution in [3.05, 3.63) is 125 Å². The highest BCUT2D eigenvalue weighted by atomic mass is 14.5. The van der Waals surface area contributed by atoms with E-state index in [1.165, 1.54) is 126 Å². The zero-order valence-corrected chi connectivity index (χ0v) is 29.4. The Morgan fingerprint density at radius 1 is 0.422 bits per heavy atom. The number of allylic oxidation sites excluding steroid dienone is 2. The van der Waals surface area contributed by atoms with E-state index >= 15 is 0 Å². The minimum absolute atomic E-state index is 0.166. The van der Waals surface area contributed by atoms with E-state index in [1.807, 2.05) is 0 Å². The largest absolute Gasteiger partial charge is 0.0613 e. The van der Waals surface area contributed by atoms with Gasteiger partial charge >= 0.3 is 0 Å². The Hall–Kier alpha value is -3.64. The van der Waals surface area contributed by atoms with Crippen LogP contribution in [0, 0.1) is 74.7 Å². The molecule has 0 unspecified atom stereocenters. The van der Waals surface area contributed by atoms with Crippen LogP contribution in [0.2, 0.25) is 0 Å². The standard InChI is InChI=1S/C45H50/c1-25-27(3)31(7)43(32(8)28(25)4)39-17-13-15-35-21-37(23-41(35)39)45(19-11-12-20-45)38-22-36-16-14-18-40(42(36)24-38)44-33(9)29(5)26(2)30(6)34(44)10/h13-18,23-24H,11-12,19-22H2,1-10H3. The number of rotatable bonds is 4. The SMILES string of the molecule is Cc1c(C)c(C)c(-c2cccc3c2C=C(C2(C4=Cc5c(cccc5-c5c(C)c(C)c(C)c(C)c5C)C4)CCCC2)C3)c(C)c1C. The Morgan fingerprint density at radius 2 is 0.756 bits per heavy atom. The lowest BCUT2D eigenvalue weighted by molar-refractivity contribution is 0.437. The maximum atomic E-state index is 2.64. The Balaban J connectivity index is 1.36. The summed E-state index contributed by atoms with van der Waals surface area (Å²) in [6.07, 6.45) is 12.7. The highest BCUT2D eigenvalue weighted by molar-refractivity contribution is 5.88. The predicted octanol–water partition coefficient (Wildman–Crippen LogP) is 12.2. The number of hydrogen-bond donors (Lipinski definition) is 0. The molecule has 45 heavy (non-hydrogen) atoms. The summed E-state index contributed by atoms with van der Waals surface area (Å²) in [7, 11) is 0. The van der Waals surface area contributed by atoms with Gasteiger partial charge in [0, 0.05) is 5.41 Å². The van der Waals surface area contributed by atoms with Gasteiger partial charge in [0.2, 0.25) is 0 Å². The second kappa shape index (κ2) is 10.7. The van der Waals surface area contributed by atoms with Crippen molar-refractivity contribution in [2.75, 3.05) is 0 Å². The van der Waals surface area contributed by atoms with Crippen molar-refractivity contribution in [3.63, 3.8) is 0 Å². The van der Waals surface area contributed by atoms with Gasteiger partial charge in [0.25, 0.3) is 0 Å². The zero-order valence-electron chi connectivity index (χ0n) is 29.4. The second-order valence-electron chi connectivity index (χ2n) is 14.7. The van der Waals surface area contributed by atoms with Crippen LogP contribution in [0.5, 0.6) is 0 Å². The van der Waals surface area contributed by atoms with Crippen LogP contribution in [-0.4, -0.2) is 0 Å². The molecular weight excluding hydrogens is 540 g/mol. The molecular formula is C45H50. The molecule has 3 aliphatic rings. The average molecular weight is 591 g/mol. The smallest absolute Gasteiger partial charge is 0.0134 e. The summed E-state index contributed by atoms with van der Waals surface area (Å²) < 4.78 is 0. The first-order valence-electron chi connectivity index (χ1n) is 17.3. The Morgan fingerprint density at radius 3 is 1.11 bits per heavy atom. The van der Waals surface area contributed by atoms with E-state index in [9.17, 15) is 0 Å². The molecule has 0 nitrogen and oxygen atoms in total. The molecule has 0 heterocycles. The lowest BCUT2D eigenvalue weighted by atomic mass is 9.71. The first kappa shape index (κ1) is 30.0. The van der Waals surface area contributed by atoms with E-state index in [1.54, 1.807) is 11.1 Å². The van der Waals surface area contributed by atoms with Crippen molar-refractivity contribution < 1.29 is 0 Å². The highest BCUT2D eigenvalue weighted by Crippen LogP contribution is 2.57.